The molecule has 2 heterocycles. The summed E-state index contributed by atoms with van der Waals surface area (Å²) in [7, 11) is 0. The predicted molar refractivity (Wildman–Crippen MR) is 84.1 cm³/mol. The van der Waals surface area contributed by atoms with Gasteiger partial charge in [0.15, 0.2) is 0 Å². The van der Waals surface area contributed by atoms with Crippen LogP contribution in [0.1, 0.15) is 29.6 Å². The zero-order valence-corrected chi connectivity index (χ0v) is 12.8. The van der Waals surface area contributed by atoms with Crippen LogP contribution in [0.4, 0.5) is 0 Å². The van der Waals surface area contributed by atoms with Crippen molar-refractivity contribution < 1.29 is 0 Å². The molecule has 2 N–H and O–H groups in total. The molecule has 0 aliphatic heterocycles. The number of rotatable bonds is 4. The summed E-state index contributed by atoms with van der Waals surface area (Å²) < 4.78 is 4.25. The van der Waals surface area contributed by atoms with E-state index in [0.717, 1.165) is 18.9 Å². The van der Waals surface area contributed by atoms with Gasteiger partial charge in [0.05, 0.1) is 6.54 Å². The highest BCUT2D eigenvalue weighted by Gasteiger charge is 2.13. The van der Waals surface area contributed by atoms with Crippen molar-refractivity contribution in [1.82, 2.24) is 19.3 Å². The SMILES string of the molecule is CCn1ncnc1Cn1c(C)c(C)c2cc(CN)ccc21. The number of aromatic nitrogens is 4. The fraction of sp³-hybridized carbons (Fsp3) is 0.375. The maximum atomic E-state index is 5.75. The lowest BCUT2D eigenvalue weighted by molar-refractivity contribution is 0.593. The molecular formula is C16H21N5. The molecule has 1 aromatic carbocycles. The van der Waals surface area contributed by atoms with Crippen LogP contribution in [0.15, 0.2) is 24.5 Å². The molecule has 0 saturated heterocycles. The Hall–Kier alpha value is -2.14. The van der Waals surface area contributed by atoms with Crippen molar-refractivity contribution in [2.24, 2.45) is 5.73 Å². The van der Waals surface area contributed by atoms with Crippen LogP contribution in [0.25, 0.3) is 10.9 Å². The van der Waals surface area contributed by atoms with E-state index in [4.69, 9.17) is 5.73 Å². The van der Waals surface area contributed by atoms with Gasteiger partial charge in [0.25, 0.3) is 0 Å². The number of fused-ring (bicyclic) bond motifs is 1. The topological polar surface area (TPSA) is 61.7 Å². The third kappa shape index (κ3) is 2.23. The minimum atomic E-state index is 0.573. The fourth-order valence-corrected chi connectivity index (χ4v) is 2.84. The van der Waals surface area contributed by atoms with E-state index >= 15 is 0 Å². The van der Waals surface area contributed by atoms with Crippen LogP contribution in [0.3, 0.4) is 0 Å². The van der Waals surface area contributed by atoms with Gasteiger partial charge in [0.1, 0.15) is 12.2 Å². The van der Waals surface area contributed by atoms with Gasteiger partial charge in [0.2, 0.25) is 0 Å². The van der Waals surface area contributed by atoms with Gasteiger partial charge in [-0.3, -0.25) is 0 Å². The van der Waals surface area contributed by atoms with E-state index in [0.29, 0.717) is 6.54 Å². The van der Waals surface area contributed by atoms with E-state index in [1.54, 1.807) is 6.33 Å². The Morgan fingerprint density at radius 2 is 2.05 bits per heavy atom. The van der Waals surface area contributed by atoms with Crippen LogP contribution in [-0.4, -0.2) is 19.3 Å². The van der Waals surface area contributed by atoms with E-state index < -0.39 is 0 Å². The van der Waals surface area contributed by atoms with Crippen LogP contribution >= 0.6 is 0 Å². The standard InChI is InChI=1S/C16H21N5/c1-4-21-16(18-10-19-21)9-20-12(3)11(2)14-7-13(8-17)5-6-15(14)20/h5-7,10H,4,8-9,17H2,1-3H3. The third-order valence-electron chi connectivity index (χ3n) is 4.23. The van der Waals surface area contributed by atoms with Gasteiger partial charge in [-0.05, 0) is 44.0 Å². The fourth-order valence-electron chi connectivity index (χ4n) is 2.84. The number of nitrogens with zero attached hydrogens (tertiary/aromatic N) is 4. The summed E-state index contributed by atoms with van der Waals surface area (Å²) in [6.07, 6.45) is 1.62. The molecule has 0 spiro atoms. The largest absolute Gasteiger partial charge is 0.337 e. The Bertz CT molecular complexity index is 781. The van der Waals surface area contributed by atoms with Gasteiger partial charge in [-0.15, -0.1) is 0 Å². The van der Waals surface area contributed by atoms with Gasteiger partial charge in [-0.2, -0.15) is 5.10 Å². The highest BCUT2D eigenvalue weighted by Crippen LogP contribution is 2.26. The number of aryl methyl sites for hydroxylation is 2. The summed E-state index contributed by atoms with van der Waals surface area (Å²) in [5.41, 5.74) is 10.7. The number of benzene rings is 1. The molecule has 0 saturated carbocycles. The van der Waals surface area contributed by atoms with Crippen molar-refractivity contribution in [2.45, 2.75) is 40.4 Å². The normalized spacial score (nSPS) is 11.4. The molecule has 5 heteroatoms. The lowest BCUT2D eigenvalue weighted by atomic mass is 10.1. The van der Waals surface area contributed by atoms with E-state index in [9.17, 15) is 0 Å². The molecule has 110 valence electrons. The highest BCUT2D eigenvalue weighted by atomic mass is 15.3. The molecule has 0 fully saturated rings. The first kappa shape index (κ1) is 13.8. The monoisotopic (exact) mass is 283 g/mol. The van der Waals surface area contributed by atoms with E-state index in [2.05, 4.69) is 53.6 Å². The summed E-state index contributed by atoms with van der Waals surface area (Å²) >= 11 is 0. The lowest BCUT2D eigenvalue weighted by Gasteiger charge is -2.09. The summed E-state index contributed by atoms with van der Waals surface area (Å²) in [4.78, 5) is 4.38. The lowest BCUT2D eigenvalue weighted by Crippen LogP contribution is -2.10. The average Bonchev–Trinajstić information content (AvgIpc) is 3.06. The van der Waals surface area contributed by atoms with E-state index in [1.165, 1.54) is 27.7 Å². The Kier molecular flexibility index (Phi) is 3.51. The molecule has 0 atom stereocenters. The second-order valence-corrected chi connectivity index (χ2v) is 5.34. The smallest absolute Gasteiger partial charge is 0.146 e. The molecular weight excluding hydrogens is 262 g/mol. The molecule has 0 unspecified atom stereocenters. The molecule has 21 heavy (non-hydrogen) atoms. The Labute approximate surface area is 124 Å². The Morgan fingerprint density at radius 3 is 2.76 bits per heavy atom. The molecule has 0 bridgehead atoms. The summed E-state index contributed by atoms with van der Waals surface area (Å²) in [6, 6.07) is 6.45. The Morgan fingerprint density at radius 1 is 1.24 bits per heavy atom. The first-order chi connectivity index (χ1) is 10.2. The van der Waals surface area contributed by atoms with Crippen molar-refractivity contribution in [2.75, 3.05) is 0 Å². The summed E-state index contributed by atoms with van der Waals surface area (Å²) in [5, 5.41) is 5.53. The molecule has 0 radical (unpaired) electrons. The molecule has 0 aliphatic carbocycles. The molecule has 3 rings (SSSR count). The van der Waals surface area contributed by atoms with Gasteiger partial charge in [0, 0.05) is 29.7 Å². The number of nitrogens with two attached hydrogens (primary N) is 1. The van der Waals surface area contributed by atoms with Gasteiger partial charge < -0.3 is 10.3 Å². The van der Waals surface area contributed by atoms with E-state index in [1.807, 2.05) is 4.68 Å². The van der Waals surface area contributed by atoms with Crippen LogP contribution < -0.4 is 5.73 Å². The van der Waals surface area contributed by atoms with E-state index in [-0.39, 0.29) is 0 Å². The van der Waals surface area contributed by atoms with Crippen molar-refractivity contribution in [3.8, 4) is 0 Å². The predicted octanol–water partition coefficient (Wildman–Crippen LogP) is 2.38. The minimum absolute atomic E-state index is 0.573. The second-order valence-electron chi connectivity index (χ2n) is 5.34. The maximum absolute atomic E-state index is 5.75. The number of hydrogen-bond donors (Lipinski definition) is 1. The molecule has 3 aromatic rings. The van der Waals surface area contributed by atoms with Crippen molar-refractivity contribution >= 4 is 10.9 Å². The minimum Gasteiger partial charge on any atom is -0.337 e. The third-order valence-corrected chi connectivity index (χ3v) is 4.23. The maximum Gasteiger partial charge on any atom is 0.146 e. The first-order valence-corrected chi connectivity index (χ1v) is 7.30. The van der Waals surface area contributed by atoms with Gasteiger partial charge >= 0.3 is 0 Å². The first-order valence-electron chi connectivity index (χ1n) is 7.30. The molecule has 0 aliphatic rings. The molecule has 5 nitrogen and oxygen atoms in total. The number of hydrogen-bond acceptors (Lipinski definition) is 3. The Balaban J connectivity index is 2.12. The zero-order valence-electron chi connectivity index (χ0n) is 12.8. The second kappa shape index (κ2) is 5.33. The van der Waals surface area contributed by atoms with Crippen molar-refractivity contribution in [1.29, 1.82) is 0 Å². The van der Waals surface area contributed by atoms with Crippen molar-refractivity contribution in [3.05, 3.63) is 47.2 Å². The molecule has 0 amide bonds. The summed E-state index contributed by atoms with van der Waals surface area (Å²) in [6.45, 7) is 8.56. The summed E-state index contributed by atoms with van der Waals surface area (Å²) in [5.74, 6) is 0.986. The van der Waals surface area contributed by atoms with Crippen LogP contribution in [0.5, 0.6) is 0 Å². The van der Waals surface area contributed by atoms with Gasteiger partial charge in [-0.25, -0.2) is 9.67 Å². The zero-order chi connectivity index (χ0) is 15.0. The van der Waals surface area contributed by atoms with Crippen LogP contribution in [-0.2, 0) is 19.6 Å². The quantitative estimate of drug-likeness (QED) is 0.799. The van der Waals surface area contributed by atoms with Crippen molar-refractivity contribution in [3.63, 3.8) is 0 Å². The van der Waals surface area contributed by atoms with Crippen LogP contribution in [0.2, 0.25) is 0 Å². The van der Waals surface area contributed by atoms with Gasteiger partial charge in [-0.1, -0.05) is 6.07 Å². The van der Waals surface area contributed by atoms with Crippen LogP contribution in [0, 0.1) is 13.8 Å². The average molecular weight is 283 g/mol. The highest BCUT2D eigenvalue weighted by molar-refractivity contribution is 5.86. The molecule has 2 aromatic heterocycles.